The summed E-state index contributed by atoms with van der Waals surface area (Å²) in [4.78, 5) is 12.0. The molecule has 0 atom stereocenters. The van der Waals surface area contributed by atoms with Crippen molar-refractivity contribution >= 4 is 0 Å². The standard InChI is InChI=1S/C28H29N3.ClHO4.Cu/c1-22-11-9-17-26(29-22)19-31(20-27-18-10-12-23(2)30-27)21-28(24-13-5-3-6-14-24)25-15-7-4-8-16-25;2-1(3,4)5;/h3-18,28H,19-21H2,1-2H3;(H,2,3,4,5);/q;;+2/p-1. The van der Waals surface area contributed by atoms with Gasteiger partial charge in [0.05, 0.1) is 11.4 Å². The summed E-state index contributed by atoms with van der Waals surface area (Å²) in [5.74, 6) is 0.275. The molecule has 0 amide bonds. The summed E-state index contributed by atoms with van der Waals surface area (Å²) < 4.78 is 34.0. The first-order chi connectivity index (χ1) is 17.2. The van der Waals surface area contributed by atoms with Crippen LogP contribution < -0.4 is 18.6 Å². The number of nitrogens with zero attached hydrogens (tertiary/aromatic N) is 3. The molecule has 0 bridgehead atoms. The van der Waals surface area contributed by atoms with Crippen LogP contribution in [0, 0.1) is 24.1 Å². The molecule has 2 aromatic heterocycles. The van der Waals surface area contributed by atoms with Gasteiger partial charge in [-0.15, -0.1) is 10.2 Å². The summed E-state index contributed by atoms with van der Waals surface area (Å²) in [5.41, 5.74) is 6.93. The molecule has 197 valence electrons. The Bertz CT molecular complexity index is 1120. The van der Waals surface area contributed by atoms with Crippen molar-refractivity contribution in [2.24, 2.45) is 0 Å². The molecular weight excluding hydrogens is 541 g/mol. The first-order valence-corrected chi connectivity index (χ1v) is 12.7. The second-order valence-electron chi connectivity index (χ2n) is 8.46. The summed E-state index contributed by atoms with van der Waals surface area (Å²) in [5, 5.41) is 0. The molecule has 0 aliphatic carbocycles. The maximum absolute atomic E-state index is 8.49. The number of halogens is 1. The van der Waals surface area contributed by atoms with Gasteiger partial charge >= 0.3 is 17.1 Å². The molecule has 4 rings (SSSR count). The summed E-state index contributed by atoms with van der Waals surface area (Å²) in [6.07, 6.45) is 0. The third kappa shape index (κ3) is 11.5. The van der Waals surface area contributed by atoms with Crippen LogP contribution >= 0.6 is 0 Å². The fraction of sp³-hybridized carbons (Fsp3) is 0.214. The Hall–Kier alpha value is -2.65. The van der Waals surface area contributed by atoms with Crippen LogP contribution in [0.4, 0.5) is 0 Å². The number of hydrogen-bond acceptors (Lipinski definition) is 7. The molecule has 2 aromatic carbocycles. The molecule has 0 N–H and O–H groups in total. The molecule has 2 heterocycles. The predicted octanol–water partition coefficient (Wildman–Crippen LogP) is 1.17. The molecular formula is C28H29ClCuN3O4+. The van der Waals surface area contributed by atoms with Gasteiger partial charge in [0.25, 0.3) is 0 Å². The minimum Gasteiger partial charge on any atom is -0.291 e. The van der Waals surface area contributed by atoms with E-state index in [0.29, 0.717) is 0 Å². The molecule has 0 aliphatic heterocycles. The van der Waals surface area contributed by atoms with Gasteiger partial charge in [-0.2, -0.15) is 0 Å². The van der Waals surface area contributed by atoms with Gasteiger partial charge in [0.1, 0.15) is 0 Å². The maximum atomic E-state index is 8.49. The predicted molar refractivity (Wildman–Crippen MR) is 127 cm³/mol. The second-order valence-corrected chi connectivity index (χ2v) is 9.22. The van der Waals surface area contributed by atoms with Gasteiger partial charge in [-0.05, 0) is 49.2 Å². The van der Waals surface area contributed by atoms with Crippen LogP contribution in [0.2, 0.25) is 0 Å². The molecule has 9 heteroatoms. The normalized spacial score (nSPS) is 11.0. The maximum Gasteiger partial charge on any atom is 2.00 e. The van der Waals surface area contributed by atoms with Crippen molar-refractivity contribution in [3.63, 3.8) is 0 Å². The zero-order valence-corrected chi connectivity index (χ0v) is 22.3. The Labute approximate surface area is 230 Å². The van der Waals surface area contributed by atoms with Crippen molar-refractivity contribution in [3.05, 3.63) is 131 Å². The molecule has 1 radical (unpaired) electrons. The van der Waals surface area contributed by atoms with Gasteiger partial charge in [0.2, 0.25) is 0 Å². The number of pyridine rings is 2. The quantitative estimate of drug-likeness (QED) is 0.292. The van der Waals surface area contributed by atoms with Crippen molar-refractivity contribution in [2.45, 2.75) is 32.9 Å². The van der Waals surface area contributed by atoms with E-state index in [4.69, 9.17) is 28.6 Å². The molecule has 0 unspecified atom stereocenters. The SMILES string of the molecule is Cc1cccc(CN(Cc2cccc(C)n2)CC(c2ccccc2)c2ccccc2)n1.[Cu+2].[O-][Cl+3]([O-])([O-])[O-]. The van der Waals surface area contributed by atoms with Crippen LogP contribution in [0.5, 0.6) is 0 Å². The Balaban J connectivity index is 0.000000734. The van der Waals surface area contributed by atoms with Crippen molar-refractivity contribution in [1.82, 2.24) is 14.9 Å². The fourth-order valence-corrected chi connectivity index (χ4v) is 4.05. The molecule has 0 saturated heterocycles. The summed E-state index contributed by atoms with van der Waals surface area (Å²) in [6, 6.07) is 34.1. The number of benzene rings is 2. The summed E-state index contributed by atoms with van der Waals surface area (Å²) in [7, 11) is -4.94. The molecule has 7 nitrogen and oxygen atoms in total. The van der Waals surface area contributed by atoms with Gasteiger partial charge in [-0.1, -0.05) is 72.8 Å². The molecule has 37 heavy (non-hydrogen) atoms. The van der Waals surface area contributed by atoms with Crippen LogP contribution in [0.3, 0.4) is 0 Å². The van der Waals surface area contributed by atoms with Crippen LogP contribution in [0.25, 0.3) is 0 Å². The number of rotatable bonds is 8. The van der Waals surface area contributed by atoms with E-state index < -0.39 is 10.2 Å². The molecule has 0 saturated carbocycles. The Kier molecular flexibility index (Phi) is 12.3. The van der Waals surface area contributed by atoms with Crippen LogP contribution in [0.1, 0.15) is 39.8 Å². The van der Waals surface area contributed by atoms with E-state index >= 15 is 0 Å². The Morgan fingerprint density at radius 1 is 0.622 bits per heavy atom. The molecule has 4 aromatic rings. The average molecular weight is 571 g/mol. The van der Waals surface area contributed by atoms with E-state index in [9.17, 15) is 0 Å². The van der Waals surface area contributed by atoms with E-state index in [2.05, 4.69) is 89.8 Å². The zero-order chi connectivity index (χ0) is 26.0. The van der Waals surface area contributed by atoms with Gasteiger partial charge in [0.15, 0.2) is 0 Å². The van der Waals surface area contributed by atoms with Crippen molar-refractivity contribution < 1.29 is 45.9 Å². The smallest absolute Gasteiger partial charge is 0.291 e. The topological polar surface area (TPSA) is 121 Å². The number of aryl methyl sites for hydroxylation is 2. The Morgan fingerprint density at radius 2 is 1.00 bits per heavy atom. The van der Waals surface area contributed by atoms with Crippen molar-refractivity contribution in [2.75, 3.05) is 6.54 Å². The van der Waals surface area contributed by atoms with E-state index in [-0.39, 0.29) is 23.0 Å². The van der Waals surface area contributed by atoms with Crippen LogP contribution in [-0.4, -0.2) is 21.4 Å². The van der Waals surface area contributed by atoms with E-state index in [0.717, 1.165) is 42.4 Å². The monoisotopic (exact) mass is 569 g/mol. The second kappa shape index (κ2) is 14.9. The van der Waals surface area contributed by atoms with Gasteiger partial charge < -0.3 is 0 Å². The summed E-state index contributed by atoms with van der Waals surface area (Å²) >= 11 is 0. The largest absolute Gasteiger partial charge is 2.00 e. The minimum atomic E-state index is -4.94. The summed E-state index contributed by atoms with van der Waals surface area (Å²) in [6.45, 7) is 6.56. The first kappa shape index (κ1) is 30.6. The van der Waals surface area contributed by atoms with Crippen molar-refractivity contribution in [3.8, 4) is 0 Å². The molecule has 0 spiro atoms. The van der Waals surface area contributed by atoms with E-state index in [1.165, 1.54) is 11.1 Å². The van der Waals surface area contributed by atoms with Gasteiger partial charge in [-0.3, -0.25) is 14.9 Å². The first-order valence-electron chi connectivity index (χ1n) is 11.5. The van der Waals surface area contributed by atoms with Crippen molar-refractivity contribution in [1.29, 1.82) is 0 Å². The minimum absolute atomic E-state index is 0. The number of hydrogen-bond donors (Lipinski definition) is 0. The number of aromatic nitrogens is 2. The third-order valence-corrected chi connectivity index (χ3v) is 5.51. The Morgan fingerprint density at radius 3 is 1.35 bits per heavy atom. The third-order valence-electron chi connectivity index (χ3n) is 5.51. The molecule has 0 fully saturated rings. The molecule has 0 aliphatic rings. The van der Waals surface area contributed by atoms with Gasteiger partial charge in [0, 0.05) is 36.9 Å². The fourth-order valence-electron chi connectivity index (χ4n) is 4.05. The van der Waals surface area contributed by atoms with Gasteiger partial charge in [-0.25, -0.2) is 18.6 Å². The van der Waals surface area contributed by atoms with Crippen LogP contribution in [-0.2, 0) is 30.2 Å². The van der Waals surface area contributed by atoms with Crippen LogP contribution in [0.15, 0.2) is 97.1 Å². The van der Waals surface area contributed by atoms with E-state index in [1.807, 2.05) is 26.0 Å². The van der Waals surface area contributed by atoms with E-state index in [1.54, 1.807) is 0 Å². The average Bonchev–Trinajstić information content (AvgIpc) is 2.82. The zero-order valence-electron chi connectivity index (χ0n) is 20.6.